The van der Waals surface area contributed by atoms with Gasteiger partial charge in [0.1, 0.15) is 12.4 Å². The molecule has 2 saturated heterocycles. The van der Waals surface area contributed by atoms with Gasteiger partial charge in [-0.1, -0.05) is 42.5 Å². The molecule has 2 aromatic carbocycles. The van der Waals surface area contributed by atoms with E-state index in [4.69, 9.17) is 4.74 Å². The second kappa shape index (κ2) is 6.23. The third-order valence-electron chi connectivity index (χ3n) is 5.77. The lowest BCUT2D eigenvalue weighted by molar-refractivity contribution is -0.0493. The fourth-order valence-corrected chi connectivity index (χ4v) is 4.28. The number of nitrogens with zero attached hydrogens (tertiary/aromatic N) is 1. The van der Waals surface area contributed by atoms with Crippen molar-refractivity contribution >= 4 is 0 Å². The van der Waals surface area contributed by atoms with E-state index in [0.29, 0.717) is 18.7 Å². The van der Waals surface area contributed by atoms with Gasteiger partial charge in [-0.25, -0.2) is 0 Å². The van der Waals surface area contributed by atoms with E-state index in [1.807, 2.05) is 42.5 Å². The van der Waals surface area contributed by atoms with E-state index in [2.05, 4.69) is 24.1 Å². The number of rotatable bonds is 4. The fourth-order valence-electron chi connectivity index (χ4n) is 4.28. The third-order valence-corrected chi connectivity index (χ3v) is 5.77. The van der Waals surface area contributed by atoms with Gasteiger partial charge in [-0.05, 0) is 56.0 Å². The number of aliphatic hydroxyl groups is 1. The molecule has 0 aliphatic carbocycles. The Kier molecular flexibility index (Phi) is 4.07. The Hall–Kier alpha value is -1.84. The molecule has 24 heavy (non-hydrogen) atoms. The first-order chi connectivity index (χ1) is 11.6. The van der Waals surface area contributed by atoms with Crippen LogP contribution in [0.3, 0.4) is 0 Å². The summed E-state index contributed by atoms with van der Waals surface area (Å²) in [6.07, 6.45) is 4.10. The minimum Gasteiger partial charge on any atom is -0.489 e. The Bertz CT molecular complexity index is 669. The molecule has 3 nitrogen and oxygen atoms in total. The van der Waals surface area contributed by atoms with Crippen molar-refractivity contribution in [1.29, 1.82) is 0 Å². The standard InChI is InChI=1S/C21H25NO2/c1-22-18-9-10-19(22)14-21(23,13-18)17-7-11-20(12-8-17)24-15-16-5-3-2-4-6-16/h2-8,11-12,18-19,23H,9-10,13-15H2,1H3. The van der Waals surface area contributed by atoms with Crippen LogP contribution in [0.5, 0.6) is 5.75 Å². The Morgan fingerprint density at radius 2 is 1.62 bits per heavy atom. The molecule has 2 unspecified atom stereocenters. The van der Waals surface area contributed by atoms with Gasteiger partial charge in [0.25, 0.3) is 0 Å². The van der Waals surface area contributed by atoms with Gasteiger partial charge in [-0.15, -0.1) is 0 Å². The Morgan fingerprint density at radius 3 is 2.25 bits per heavy atom. The number of fused-ring (bicyclic) bond motifs is 2. The SMILES string of the molecule is CN1C2CCC1CC(O)(c1ccc(OCc3ccccc3)cc1)C2. The summed E-state index contributed by atoms with van der Waals surface area (Å²) in [5, 5.41) is 11.2. The van der Waals surface area contributed by atoms with Gasteiger partial charge in [0.15, 0.2) is 0 Å². The highest BCUT2D eigenvalue weighted by molar-refractivity contribution is 5.32. The molecule has 0 spiro atoms. The molecule has 2 bridgehead atoms. The maximum Gasteiger partial charge on any atom is 0.119 e. The van der Waals surface area contributed by atoms with Crippen LogP contribution in [0, 0.1) is 0 Å². The summed E-state index contributed by atoms with van der Waals surface area (Å²) in [4.78, 5) is 2.45. The van der Waals surface area contributed by atoms with Gasteiger partial charge in [0, 0.05) is 12.1 Å². The van der Waals surface area contributed by atoms with Crippen LogP contribution in [-0.2, 0) is 12.2 Å². The van der Waals surface area contributed by atoms with E-state index in [9.17, 15) is 5.11 Å². The van der Waals surface area contributed by atoms with Crippen molar-refractivity contribution in [3.05, 3.63) is 65.7 Å². The van der Waals surface area contributed by atoms with Gasteiger partial charge in [-0.3, -0.25) is 0 Å². The minimum atomic E-state index is -0.684. The Balaban J connectivity index is 1.44. The van der Waals surface area contributed by atoms with Crippen LogP contribution in [0.4, 0.5) is 0 Å². The van der Waals surface area contributed by atoms with Gasteiger partial charge >= 0.3 is 0 Å². The topological polar surface area (TPSA) is 32.7 Å². The summed E-state index contributed by atoms with van der Waals surface area (Å²) in [5.41, 5.74) is 1.50. The molecule has 2 fully saturated rings. The van der Waals surface area contributed by atoms with Crippen LogP contribution in [0.2, 0.25) is 0 Å². The first kappa shape index (κ1) is 15.7. The van der Waals surface area contributed by atoms with Crippen molar-refractivity contribution in [3.63, 3.8) is 0 Å². The number of benzene rings is 2. The highest BCUT2D eigenvalue weighted by atomic mass is 16.5. The van der Waals surface area contributed by atoms with E-state index in [1.165, 1.54) is 12.8 Å². The van der Waals surface area contributed by atoms with E-state index < -0.39 is 5.60 Å². The smallest absolute Gasteiger partial charge is 0.119 e. The van der Waals surface area contributed by atoms with Gasteiger partial charge in [0.2, 0.25) is 0 Å². The molecule has 126 valence electrons. The molecule has 2 aliphatic rings. The Morgan fingerprint density at radius 1 is 1.00 bits per heavy atom. The molecule has 2 atom stereocenters. The normalized spacial score (nSPS) is 29.6. The van der Waals surface area contributed by atoms with Crippen molar-refractivity contribution in [2.45, 2.75) is 50.0 Å². The quantitative estimate of drug-likeness (QED) is 0.931. The number of hydrogen-bond acceptors (Lipinski definition) is 3. The van der Waals surface area contributed by atoms with Crippen LogP contribution in [-0.4, -0.2) is 29.1 Å². The van der Waals surface area contributed by atoms with Gasteiger partial charge < -0.3 is 14.7 Å². The molecule has 0 radical (unpaired) electrons. The average Bonchev–Trinajstić information content (AvgIpc) is 2.83. The zero-order valence-corrected chi connectivity index (χ0v) is 14.2. The summed E-state index contributed by atoms with van der Waals surface area (Å²) in [5.74, 6) is 0.849. The molecule has 0 amide bonds. The van der Waals surface area contributed by atoms with Crippen molar-refractivity contribution in [2.24, 2.45) is 0 Å². The molecular formula is C21H25NO2. The molecule has 0 saturated carbocycles. The predicted octanol–water partition coefficient (Wildman–Crippen LogP) is 3.71. The lowest BCUT2D eigenvalue weighted by atomic mass is 9.81. The maximum absolute atomic E-state index is 11.2. The summed E-state index contributed by atoms with van der Waals surface area (Å²) < 4.78 is 5.85. The summed E-state index contributed by atoms with van der Waals surface area (Å²) in [6.45, 7) is 0.569. The molecule has 2 aromatic rings. The van der Waals surface area contributed by atoms with Crippen molar-refractivity contribution in [3.8, 4) is 5.75 Å². The highest BCUT2D eigenvalue weighted by Gasteiger charge is 2.46. The molecule has 0 aromatic heterocycles. The van der Waals surface area contributed by atoms with Crippen LogP contribution < -0.4 is 4.74 Å². The fraction of sp³-hybridized carbons (Fsp3) is 0.429. The first-order valence-corrected chi connectivity index (χ1v) is 8.86. The zero-order valence-electron chi connectivity index (χ0n) is 14.2. The van der Waals surface area contributed by atoms with Crippen molar-refractivity contribution in [2.75, 3.05) is 7.05 Å². The molecule has 3 heteroatoms. The second-order valence-corrected chi connectivity index (χ2v) is 7.29. The predicted molar refractivity (Wildman–Crippen MR) is 94.9 cm³/mol. The molecule has 2 heterocycles. The molecule has 2 aliphatic heterocycles. The van der Waals surface area contributed by atoms with E-state index >= 15 is 0 Å². The van der Waals surface area contributed by atoms with Crippen LogP contribution in [0.1, 0.15) is 36.8 Å². The summed E-state index contributed by atoms with van der Waals surface area (Å²) in [7, 11) is 2.20. The van der Waals surface area contributed by atoms with Crippen LogP contribution in [0.25, 0.3) is 0 Å². The first-order valence-electron chi connectivity index (χ1n) is 8.86. The maximum atomic E-state index is 11.2. The highest BCUT2D eigenvalue weighted by Crippen LogP contribution is 2.45. The third kappa shape index (κ3) is 2.94. The monoisotopic (exact) mass is 323 g/mol. The lowest BCUT2D eigenvalue weighted by Crippen LogP contribution is -2.47. The van der Waals surface area contributed by atoms with E-state index in [1.54, 1.807) is 0 Å². The van der Waals surface area contributed by atoms with Crippen LogP contribution >= 0.6 is 0 Å². The molecule has 1 N–H and O–H groups in total. The Labute approximate surface area is 143 Å². The number of piperidine rings is 1. The van der Waals surface area contributed by atoms with Crippen LogP contribution in [0.15, 0.2) is 54.6 Å². The largest absolute Gasteiger partial charge is 0.489 e. The summed E-state index contributed by atoms with van der Waals surface area (Å²) in [6, 6.07) is 19.2. The minimum absolute atomic E-state index is 0.516. The summed E-state index contributed by atoms with van der Waals surface area (Å²) >= 11 is 0. The van der Waals surface area contributed by atoms with Gasteiger partial charge in [0.05, 0.1) is 5.60 Å². The van der Waals surface area contributed by atoms with E-state index in [0.717, 1.165) is 29.7 Å². The van der Waals surface area contributed by atoms with Gasteiger partial charge in [-0.2, -0.15) is 0 Å². The molecule has 4 rings (SSSR count). The van der Waals surface area contributed by atoms with Crippen molar-refractivity contribution in [1.82, 2.24) is 4.90 Å². The second-order valence-electron chi connectivity index (χ2n) is 7.29. The van der Waals surface area contributed by atoms with E-state index in [-0.39, 0.29) is 0 Å². The zero-order chi connectivity index (χ0) is 16.6. The number of ether oxygens (including phenoxy) is 1. The lowest BCUT2D eigenvalue weighted by Gasteiger charge is -2.42. The number of hydrogen-bond donors (Lipinski definition) is 1. The molecular weight excluding hydrogens is 298 g/mol. The average molecular weight is 323 g/mol. The van der Waals surface area contributed by atoms with Crippen molar-refractivity contribution < 1.29 is 9.84 Å².